The van der Waals surface area contributed by atoms with Crippen LogP contribution in [0.15, 0.2) is 65.7 Å². The Hall–Kier alpha value is -2.70. The third-order valence-electron chi connectivity index (χ3n) is 4.48. The standard InChI is InChI=1S/C23H21N3OS2/c1-15-7-6-8-17(13-15)14-28-21-12-11-19(25-26-21)22-16(2)24-23(29-22)18-9-4-5-10-20(18)27-3/h4-13H,14H2,1-3H3. The number of para-hydroxylation sites is 1. The number of nitrogens with zero attached hydrogens (tertiary/aromatic N) is 3. The normalized spacial score (nSPS) is 10.9. The summed E-state index contributed by atoms with van der Waals surface area (Å²) in [6.07, 6.45) is 0. The van der Waals surface area contributed by atoms with Crippen molar-refractivity contribution in [1.29, 1.82) is 0 Å². The second-order valence-electron chi connectivity index (χ2n) is 6.67. The molecule has 0 saturated heterocycles. The van der Waals surface area contributed by atoms with Gasteiger partial charge in [0.2, 0.25) is 0 Å². The Kier molecular flexibility index (Phi) is 5.92. The first-order valence-corrected chi connectivity index (χ1v) is 11.1. The van der Waals surface area contributed by atoms with Gasteiger partial charge >= 0.3 is 0 Å². The summed E-state index contributed by atoms with van der Waals surface area (Å²) < 4.78 is 5.48. The molecule has 0 atom stereocenters. The Bertz CT molecular complexity index is 1120. The molecule has 29 heavy (non-hydrogen) atoms. The molecule has 0 spiro atoms. The van der Waals surface area contributed by atoms with Crippen molar-refractivity contribution in [3.05, 3.63) is 77.5 Å². The molecule has 0 unspecified atom stereocenters. The molecule has 0 bridgehead atoms. The van der Waals surface area contributed by atoms with Crippen LogP contribution in [-0.2, 0) is 5.75 Å². The molecule has 4 nitrogen and oxygen atoms in total. The lowest BCUT2D eigenvalue weighted by Crippen LogP contribution is -1.90. The Morgan fingerprint density at radius 3 is 2.59 bits per heavy atom. The molecule has 0 aliphatic rings. The van der Waals surface area contributed by atoms with Gasteiger partial charge in [-0.15, -0.1) is 21.5 Å². The van der Waals surface area contributed by atoms with Crippen LogP contribution in [-0.4, -0.2) is 22.3 Å². The van der Waals surface area contributed by atoms with Gasteiger partial charge in [-0.2, -0.15) is 0 Å². The molecular weight excluding hydrogens is 398 g/mol. The topological polar surface area (TPSA) is 47.9 Å². The summed E-state index contributed by atoms with van der Waals surface area (Å²) in [6.45, 7) is 4.12. The number of methoxy groups -OCH3 is 1. The van der Waals surface area contributed by atoms with E-state index in [1.165, 1.54) is 11.1 Å². The van der Waals surface area contributed by atoms with Crippen molar-refractivity contribution >= 4 is 23.1 Å². The van der Waals surface area contributed by atoms with Crippen molar-refractivity contribution in [2.45, 2.75) is 24.6 Å². The SMILES string of the molecule is COc1ccccc1-c1nc(C)c(-c2ccc(SCc3cccc(C)c3)nn2)s1. The van der Waals surface area contributed by atoms with E-state index in [1.807, 2.05) is 43.3 Å². The molecular formula is C23H21N3OS2. The van der Waals surface area contributed by atoms with Gasteiger partial charge in [-0.05, 0) is 43.7 Å². The van der Waals surface area contributed by atoms with Crippen molar-refractivity contribution in [3.8, 4) is 26.9 Å². The summed E-state index contributed by atoms with van der Waals surface area (Å²) in [5.74, 6) is 1.70. The van der Waals surface area contributed by atoms with Crippen LogP contribution >= 0.6 is 23.1 Å². The lowest BCUT2D eigenvalue weighted by Gasteiger charge is -2.04. The van der Waals surface area contributed by atoms with Gasteiger partial charge in [-0.25, -0.2) is 4.98 Å². The molecule has 146 valence electrons. The molecule has 4 rings (SSSR count). The Morgan fingerprint density at radius 2 is 1.83 bits per heavy atom. The third-order valence-corrected chi connectivity index (χ3v) is 6.68. The quantitative estimate of drug-likeness (QED) is 0.349. The van der Waals surface area contributed by atoms with Gasteiger partial charge in [0.05, 0.1) is 23.2 Å². The molecule has 0 saturated carbocycles. The zero-order valence-electron chi connectivity index (χ0n) is 16.5. The number of ether oxygens (including phenoxy) is 1. The molecule has 0 aliphatic carbocycles. The van der Waals surface area contributed by atoms with Crippen LogP contribution in [0.4, 0.5) is 0 Å². The number of hydrogen-bond acceptors (Lipinski definition) is 6. The first-order valence-electron chi connectivity index (χ1n) is 9.27. The minimum atomic E-state index is 0.821. The summed E-state index contributed by atoms with van der Waals surface area (Å²) in [7, 11) is 1.68. The maximum absolute atomic E-state index is 5.48. The van der Waals surface area contributed by atoms with E-state index >= 15 is 0 Å². The fourth-order valence-electron chi connectivity index (χ4n) is 3.05. The highest BCUT2D eigenvalue weighted by molar-refractivity contribution is 7.98. The van der Waals surface area contributed by atoms with Gasteiger partial charge in [0.25, 0.3) is 0 Å². The van der Waals surface area contributed by atoms with E-state index in [-0.39, 0.29) is 0 Å². The van der Waals surface area contributed by atoms with Crippen LogP contribution in [0, 0.1) is 13.8 Å². The van der Waals surface area contributed by atoms with Crippen molar-refractivity contribution in [3.63, 3.8) is 0 Å². The highest BCUT2D eigenvalue weighted by Gasteiger charge is 2.15. The molecule has 0 amide bonds. The first-order chi connectivity index (χ1) is 14.1. The average molecular weight is 420 g/mol. The molecule has 2 heterocycles. The number of thioether (sulfide) groups is 1. The summed E-state index contributed by atoms with van der Waals surface area (Å²) in [4.78, 5) is 5.77. The van der Waals surface area contributed by atoms with Gasteiger partial charge in [0.1, 0.15) is 21.5 Å². The van der Waals surface area contributed by atoms with Crippen molar-refractivity contribution in [1.82, 2.24) is 15.2 Å². The van der Waals surface area contributed by atoms with Crippen molar-refractivity contribution in [2.24, 2.45) is 0 Å². The predicted molar refractivity (Wildman–Crippen MR) is 121 cm³/mol. The average Bonchev–Trinajstić information content (AvgIpc) is 3.14. The Morgan fingerprint density at radius 1 is 0.966 bits per heavy atom. The first kappa shape index (κ1) is 19.6. The van der Waals surface area contributed by atoms with E-state index < -0.39 is 0 Å². The van der Waals surface area contributed by atoms with E-state index in [4.69, 9.17) is 9.72 Å². The molecule has 0 aliphatic heterocycles. The molecule has 2 aromatic carbocycles. The largest absolute Gasteiger partial charge is 0.496 e. The minimum absolute atomic E-state index is 0.821. The lowest BCUT2D eigenvalue weighted by atomic mass is 10.2. The van der Waals surface area contributed by atoms with E-state index in [1.54, 1.807) is 30.2 Å². The Balaban J connectivity index is 1.53. The van der Waals surface area contributed by atoms with Gasteiger partial charge in [0, 0.05) is 5.75 Å². The van der Waals surface area contributed by atoms with Crippen LogP contribution in [0.25, 0.3) is 21.1 Å². The maximum Gasteiger partial charge on any atom is 0.129 e. The van der Waals surface area contributed by atoms with E-state index in [9.17, 15) is 0 Å². The van der Waals surface area contributed by atoms with Gasteiger partial charge in [-0.1, -0.05) is 53.7 Å². The summed E-state index contributed by atoms with van der Waals surface area (Å²) >= 11 is 3.31. The smallest absolute Gasteiger partial charge is 0.129 e. The van der Waals surface area contributed by atoms with Gasteiger partial charge < -0.3 is 4.74 Å². The van der Waals surface area contributed by atoms with Crippen molar-refractivity contribution in [2.75, 3.05) is 7.11 Å². The molecule has 4 aromatic rings. The van der Waals surface area contributed by atoms with Crippen LogP contribution in [0.5, 0.6) is 5.75 Å². The summed E-state index contributed by atoms with van der Waals surface area (Å²) in [5, 5.41) is 10.7. The van der Waals surface area contributed by atoms with Crippen molar-refractivity contribution < 1.29 is 4.74 Å². The maximum atomic E-state index is 5.48. The molecule has 0 radical (unpaired) electrons. The number of aromatic nitrogens is 3. The summed E-state index contributed by atoms with van der Waals surface area (Å²) in [5.41, 5.74) is 5.36. The van der Waals surface area contributed by atoms with Crippen LogP contribution in [0.1, 0.15) is 16.8 Å². The second-order valence-corrected chi connectivity index (χ2v) is 8.66. The third kappa shape index (κ3) is 4.49. The number of aryl methyl sites for hydroxylation is 2. The monoisotopic (exact) mass is 419 g/mol. The van der Waals surface area contributed by atoms with E-state index in [2.05, 4.69) is 41.4 Å². The molecule has 0 fully saturated rings. The van der Waals surface area contributed by atoms with Crippen LogP contribution in [0.2, 0.25) is 0 Å². The Labute approximate surface area is 179 Å². The fraction of sp³-hybridized carbons (Fsp3) is 0.174. The van der Waals surface area contributed by atoms with Crippen LogP contribution in [0.3, 0.4) is 0 Å². The minimum Gasteiger partial charge on any atom is -0.496 e. The molecule has 0 N–H and O–H groups in total. The summed E-state index contributed by atoms with van der Waals surface area (Å²) in [6, 6.07) is 20.5. The number of rotatable bonds is 6. The molecule has 6 heteroatoms. The number of benzene rings is 2. The predicted octanol–water partition coefficient (Wildman–Crippen LogP) is 6.18. The zero-order chi connectivity index (χ0) is 20.2. The van der Waals surface area contributed by atoms with Crippen LogP contribution < -0.4 is 4.74 Å². The van der Waals surface area contributed by atoms with E-state index in [0.29, 0.717) is 0 Å². The highest BCUT2D eigenvalue weighted by atomic mass is 32.2. The van der Waals surface area contributed by atoms with Gasteiger partial charge in [-0.3, -0.25) is 0 Å². The van der Waals surface area contributed by atoms with E-state index in [0.717, 1.165) is 43.4 Å². The molecule has 2 aromatic heterocycles. The lowest BCUT2D eigenvalue weighted by molar-refractivity contribution is 0.416. The fourth-order valence-corrected chi connectivity index (χ4v) is 4.87. The number of hydrogen-bond donors (Lipinski definition) is 0. The highest BCUT2D eigenvalue weighted by Crippen LogP contribution is 2.38. The number of thiazole rings is 1. The second kappa shape index (κ2) is 8.76. The van der Waals surface area contributed by atoms with Gasteiger partial charge in [0.15, 0.2) is 0 Å². The zero-order valence-corrected chi connectivity index (χ0v) is 18.2.